The summed E-state index contributed by atoms with van der Waals surface area (Å²) in [6.45, 7) is 7.66. The molecule has 1 aliphatic rings. The minimum atomic E-state index is -0.429. The molecule has 4 nitrogen and oxygen atoms in total. The van der Waals surface area contributed by atoms with Crippen LogP contribution in [0.15, 0.2) is 0 Å². The second kappa shape index (κ2) is 4.62. The lowest BCUT2D eigenvalue weighted by Crippen LogP contribution is -2.47. The van der Waals surface area contributed by atoms with Crippen LogP contribution in [0.2, 0.25) is 0 Å². The van der Waals surface area contributed by atoms with Crippen LogP contribution < -0.4 is 11.1 Å². The smallest absolute Gasteiger partial charge is 0.407 e. The first kappa shape index (κ1) is 13.3. The standard InChI is InChI=1S/C12H24N2O2/c1-11(2,3)16-10(15)14-9-5-7-12(4,13)8-6-9/h9H,5-8,13H2,1-4H3,(H,14,15). The van der Waals surface area contributed by atoms with Crippen molar-refractivity contribution in [1.29, 1.82) is 0 Å². The Morgan fingerprint density at radius 2 is 1.88 bits per heavy atom. The molecule has 0 spiro atoms. The highest BCUT2D eigenvalue weighted by molar-refractivity contribution is 5.68. The Morgan fingerprint density at radius 1 is 1.38 bits per heavy atom. The molecular formula is C12H24N2O2. The van der Waals surface area contributed by atoms with E-state index in [9.17, 15) is 4.79 Å². The largest absolute Gasteiger partial charge is 0.444 e. The Labute approximate surface area is 97.9 Å². The van der Waals surface area contributed by atoms with Crippen LogP contribution in [0.3, 0.4) is 0 Å². The average molecular weight is 228 g/mol. The van der Waals surface area contributed by atoms with Crippen LogP contribution in [0.5, 0.6) is 0 Å². The number of nitrogens with one attached hydrogen (secondary N) is 1. The molecule has 1 saturated carbocycles. The van der Waals surface area contributed by atoms with Gasteiger partial charge in [-0.3, -0.25) is 0 Å². The van der Waals surface area contributed by atoms with Crippen molar-refractivity contribution in [1.82, 2.24) is 5.32 Å². The van der Waals surface area contributed by atoms with Gasteiger partial charge in [-0.2, -0.15) is 0 Å². The van der Waals surface area contributed by atoms with Crippen molar-refractivity contribution in [2.24, 2.45) is 5.73 Å². The second-order valence-corrected chi connectivity index (χ2v) is 6.07. The molecule has 1 aliphatic carbocycles. The SMILES string of the molecule is CC1(N)CCC(NC(=O)OC(C)(C)C)CC1. The molecule has 0 radical (unpaired) electrons. The van der Waals surface area contributed by atoms with Gasteiger partial charge in [0.2, 0.25) is 0 Å². The molecule has 16 heavy (non-hydrogen) atoms. The molecule has 0 heterocycles. The average Bonchev–Trinajstić information content (AvgIpc) is 2.05. The first-order chi connectivity index (χ1) is 7.18. The van der Waals surface area contributed by atoms with E-state index in [2.05, 4.69) is 12.2 Å². The fraction of sp³-hybridized carbons (Fsp3) is 0.917. The van der Waals surface area contributed by atoms with Crippen LogP contribution in [-0.4, -0.2) is 23.3 Å². The molecule has 94 valence electrons. The summed E-state index contributed by atoms with van der Waals surface area (Å²) < 4.78 is 5.21. The van der Waals surface area contributed by atoms with Gasteiger partial charge in [0.05, 0.1) is 0 Å². The third kappa shape index (κ3) is 4.84. The van der Waals surface area contributed by atoms with E-state index in [1.165, 1.54) is 0 Å². The lowest BCUT2D eigenvalue weighted by atomic mass is 9.82. The number of rotatable bonds is 1. The van der Waals surface area contributed by atoms with Gasteiger partial charge in [0, 0.05) is 11.6 Å². The lowest BCUT2D eigenvalue weighted by molar-refractivity contribution is 0.0485. The zero-order valence-corrected chi connectivity index (χ0v) is 10.8. The van der Waals surface area contributed by atoms with Gasteiger partial charge < -0.3 is 15.8 Å². The van der Waals surface area contributed by atoms with E-state index >= 15 is 0 Å². The van der Waals surface area contributed by atoms with Gasteiger partial charge >= 0.3 is 6.09 Å². The molecule has 1 fully saturated rings. The third-order valence-corrected chi connectivity index (χ3v) is 2.85. The van der Waals surface area contributed by atoms with Crippen molar-refractivity contribution < 1.29 is 9.53 Å². The molecule has 0 aromatic rings. The van der Waals surface area contributed by atoms with Crippen LogP contribution >= 0.6 is 0 Å². The Kier molecular flexibility index (Phi) is 3.84. The maximum atomic E-state index is 11.5. The number of carbonyl (C=O) groups excluding carboxylic acids is 1. The summed E-state index contributed by atoms with van der Waals surface area (Å²) in [5, 5.41) is 2.90. The second-order valence-electron chi connectivity index (χ2n) is 6.07. The zero-order valence-electron chi connectivity index (χ0n) is 10.8. The molecule has 0 unspecified atom stereocenters. The van der Waals surface area contributed by atoms with E-state index in [0.717, 1.165) is 25.7 Å². The van der Waals surface area contributed by atoms with E-state index in [-0.39, 0.29) is 17.7 Å². The summed E-state index contributed by atoms with van der Waals surface area (Å²) in [6, 6.07) is 0.214. The van der Waals surface area contributed by atoms with Crippen molar-refractivity contribution >= 4 is 6.09 Å². The Hall–Kier alpha value is -0.770. The lowest BCUT2D eigenvalue weighted by Gasteiger charge is -2.34. The highest BCUT2D eigenvalue weighted by Crippen LogP contribution is 2.25. The Bertz CT molecular complexity index is 246. The van der Waals surface area contributed by atoms with Crippen molar-refractivity contribution in [3.05, 3.63) is 0 Å². The number of hydrogen-bond donors (Lipinski definition) is 2. The third-order valence-electron chi connectivity index (χ3n) is 2.85. The first-order valence-electron chi connectivity index (χ1n) is 5.96. The highest BCUT2D eigenvalue weighted by Gasteiger charge is 2.29. The summed E-state index contributed by atoms with van der Waals surface area (Å²) in [4.78, 5) is 11.5. The van der Waals surface area contributed by atoms with Gasteiger partial charge in [0.15, 0.2) is 0 Å². The fourth-order valence-corrected chi connectivity index (χ4v) is 1.90. The van der Waals surface area contributed by atoms with Crippen LogP contribution in [0.1, 0.15) is 53.4 Å². The maximum Gasteiger partial charge on any atom is 0.407 e. The summed E-state index contributed by atoms with van der Waals surface area (Å²) in [5.74, 6) is 0. The van der Waals surface area contributed by atoms with E-state index in [0.29, 0.717) is 0 Å². The van der Waals surface area contributed by atoms with Crippen molar-refractivity contribution in [3.8, 4) is 0 Å². The fourth-order valence-electron chi connectivity index (χ4n) is 1.90. The molecule has 3 N–H and O–H groups in total. The van der Waals surface area contributed by atoms with Gasteiger partial charge in [0.1, 0.15) is 5.60 Å². The highest BCUT2D eigenvalue weighted by atomic mass is 16.6. The molecule has 0 aromatic heterocycles. The number of ether oxygens (including phenoxy) is 1. The van der Waals surface area contributed by atoms with E-state index < -0.39 is 5.60 Å². The van der Waals surface area contributed by atoms with E-state index in [4.69, 9.17) is 10.5 Å². The van der Waals surface area contributed by atoms with E-state index in [1.807, 2.05) is 20.8 Å². The zero-order chi connectivity index (χ0) is 12.4. The van der Waals surface area contributed by atoms with Gasteiger partial charge in [-0.25, -0.2) is 4.79 Å². The van der Waals surface area contributed by atoms with Crippen molar-refractivity contribution in [2.45, 2.75) is 70.6 Å². The number of carbonyl (C=O) groups is 1. The minimum Gasteiger partial charge on any atom is -0.444 e. The molecule has 0 aliphatic heterocycles. The number of nitrogens with two attached hydrogens (primary N) is 1. The van der Waals surface area contributed by atoms with Crippen LogP contribution in [0.25, 0.3) is 0 Å². The first-order valence-corrected chi connectivity index (χ1v) is 5.96. The molecular weight excluding hydrogens is 204 g/mol. The summed E-state index contributed by atoms with van der Waals surface area (Å²) in [7, 11) is 0. The molecule has 4 heteroatoms. The summed E-state index contributed by atoms with van der Waals surface area (Å²) in [5.41, 5.74) is 5.54. The van der Waals surface area contributed by atoms with Crippen LogP contribution in [-0.2, 0) is 4.74 Å². The Morgan fingerprint density at radius 3 is 2.31 bits per heavy atom. The van der Waals surface area contributed by atoms with Crippen molar-refractivity contribution in [3.63, 3.8) is 0 Å². The normalized spacial score (nSPS) is 30.9. The number of hydrogen-bond acceptors (Lipinski definition) is 3. The topological polar surface area (TPSA) is 64.3 Å². The molecule has 0 aromatic carbocycles. The van der Waals surface area contributed by atoms with Crippen LogP contribution in [0, 0.1) is 0 Å². The molecule has 1 rings (SSSR count). The predicted molar refractivity (Wildman–Crippen MR) is 64.2 cm³/mol. The molecule has 1 amide bonds. The number of alkyl carbamates (subject to hydrolysis) is 1. The molecule has 0 bridgehead atoms. The van der Waals surface area contributed by atoms with Gasteiger partial charge in [-0.05, 0) is 53.4 Å². The monoisotopic (exact) mass is 228 g/mol. The van der Waals surface area contributed by atoms with E-state index in [1.54, 1.807) is 0 Å². The Balaban J connectivity index is 2.32. The maximum absolute atomic E-state index is 11.5. The quantitative estimate of drug-likeness (QED) is 0.723. The minimum absolute atomic E-state index is 0.0634. The van der Waals surface area contributed by atoms with Crippen LogP contribution in [0.4, 0.5) is 4.79 Å². The summed E-state index contributed by atoms with van der Waals surface area (Å²) >= 11 is 0. The summed E-state index contributed by atoms with van der Waals surface area (Å²) in [6.07, 6.45) is 3.46. The predicted octanol–water partition coefficient (Wildman–Crippen LogP) is 2.17. The van der Waals surface area contributed by atoms with Crippen molar-refractivity contribution in [2.75, 3.05) is 0 Å². The van der Waals surface area contributed by atoms with Gasteiger partial charge in [-0.1, -0.05) is 0 Å². The van der Waals surface area contributed by atoms with Gasteiger partial charge in [-0.15, -0.1) is 0 Å². The van der Waals surface area contributed by atoms with Gasteiger partial charge in [0.25, 0.3) is 0 Å². The number of amides is 1. The molecule has 0 atom stereocenters. The molecule has 0 saturated heterocycles.